The van der Waals surface area contributed by atoms with E-state index in [-0.39, 0.29) is 0 Å². The molecule has 0 aliphatic carbocycles. The Morgan fingerprint density at radius 1 is 1.24 bits per heavy atom. The smallest absolute Gasteiger partial charge is 0.135 e. The molecule has 0 bridgehead atoms. The van der Waals surface area contributed by atoms with E-state index in [0.717, 1.165) is 45.0 Å². The average molecular weight is 395 g/mol. The fraction of sp³-hybridized carbons (Fsp3) is 0.522. The lowest BCUT2D eigenvalue weighted by Crippen LogP contribution is -2.40. The number of likely N-dealkylation sites (N-methyl/N-ethyl adjacent to an activating group) is 2. The van der Waals surface area contributed by atoms with Gasteiger partial charge in [-0.05, 0) is 51.2 Å². The summed E-state index contributed by atoms with van der Waals surface area (Å²) in [7, 11) is 4.17. The van der Waals surface area contributed by atoms with Crippen LogP contribution in [0.2, 0.25) is 0 Å². The Kier molecular flexibility index (Phi) is 6.15. The van der Waals surface area contributed by atoms with Gasteiger partial charge in [0.2, 0.25) is 0 Å². The molecule has 2 aliphatic heterocycles. The molecule has 0 radical (unpaired) electrons. The summed E-state index contributed by atoms with van der Waals surface area (Å²) in [5.74, 6) is 1.69. The third kappa shape index (κ3) is 4.31. The molecule has 2 aromatic rings. The van der Waals surface area contributed by atoms with Crippen molar-refractivity contribution in [1.29, 1.82) is 0 Å². The molecule has 29 heavy (non-hydrogen) atoms. The molecule has 1 aromatic carbocycles. The molecule has 156 valence electrons. The first kappa shape index (κ1) is 20.3. The first-order valence-electron chi connectivity index (χ1n) is 10.8. The van der Waals surface area contributed by atoms with E-state index in [1.807, 2.05) is 7.05 Å². The van der Waals surface area contributed by atoms with Gasteiger partial charge in [0.25, 0.3) is 0 Å². The van der Waals surface area contributed by atoms with Gasteiger partial charge in [-0.2, -0.15) is 0 Å². The van der Waals surface area contributed by atoms with Gasteiger partial charge < -0.3 is 15.1 Å². The van der Waals surface area contributed by atoms with E-state index >= 15 is 0 Å². The maximum atomic E-state index is 5.10. The summed E-state index contributed by atoms with van der Waals surface area (Å²) < 4.78 is 0. The normalized spacial score (nSPS) is 16.6. The van der Waals surface area contributed by atoms with Crippen molar-refractivity contribution in [3.8, 4) is 11.3 Å². The maximum absolute atomic E-state index is 5.10. The molecule has 1 saturated heterocycles. The zero-order valence-electron chi connectivity index (χ0n) is 18.1. The van der Waals surface area contributed by atoms with E-state index in [1.165, 1.54) is 28.1 Å². The molecule has 0 saturated carbocycles. The van der Waals surface area contributed by atoms with E-state index in [9.17, 15) is 0 Å². The molecule has 4 rings (SSSR count). The van der Waals surface area contributed by atoms with Gasteiger partial charge in [0, 0.05) is 62.4 Å². The number of pyridine rings is 1. The maximum Gasteiger partial charge on any atom is 0.135 e. The van der Waals surface area contributed by atoms with Crippen LogP contribution in [0, 0.1) is 0 Å². The van der Waals surface area contributed by atoms with Crippen LogP contribution in [0.25, 0.3) is 11.3 Å². The van der Waals surface area contributed by atoms with Crippen molar-refractivity contribution in [1.82, 2.24) is 26.1 Å². The van der Waals surface area contributed by atoms with Gasteiger partial charge >= 0.3 is 0 Å². The summed E-state index contributed by atoms with van der Waals surface area (Å²) in [5.41, 5.74) is 13.1. The van der Waals surface area contributed by atoms with Crippen LogP contribution in [-0.4, -0.2) is 56.2 Å². The summed E-state index contributed by atoms with van der Waals surface area (Å²) in [6.07, 6.45) is 0. The van der Waals surface area contributed by atoms with E-state index in [2.05, 4.69) is 77.2 Å². The third-order valence-corrected chi connectivity index (χ3v) is 6.04. The first-order chi connectivity index (χ1) is 14.1. The van der Waals surface area contributed by atoms with E-state index < -0.39 is 0 Å². The number of benzene rings is 1. The Bertz CT molecular complexity index is 843. The van der Waals surface area contributed by atoms with Crippen molar-refractivity contribution < 1.29 is 0 Å². The SMILES string of the molecule is CNCCN(C)Cc1cccc(-c2cc(C3CNNC3)c3c(n2)N(C(C)C)C3)c1. The molecule has 0 unspecified atom stereocenters. The number of aromatic nitrogens is 1. The molecular formula is C23H34N6. The highest BCUT2D eigenvalue weighted by Gasteiger charge is 2.33. The summed E-state index contributed by atoms with van der Waals surface area (Å²) in [5, 5.41) is 3.22. The number of rotatable bonds is 8. The molecule has 3 heterocycles. The molecule has 3 N–H and O–H groups in total. The number of hydrogen-bond donors (Lipinski definition) is 3. The summed E-state index contributed by atoms with van der Waals surface area (Å²) >= 11 is 0. The summed E-state index contributed by atoms with van der Waals surface area (Å²) in [6, 6.07) is 11.7. The number of hydrogen-bond acceptors (Lipinski definition) is 6. The minimum absolute atomic E-state index is 0.477. The Hall–Kier alpha value is -1.99. The zero-order chi connectivity index (χ0) is 20.4. The van der Waals surface area contributed by atoms with Gasteiger partial charge in [-0.1, -0.05) is 18.2 Å². The molecule has 1 aromatic heterocycles. The number of fused-ring (bicyclic) bond motifs is 1. The van der Waals surface area contributed by atoms with Crippen LogP contribution in [0.3, 0.4) is 0 Å². The molecule has 0 amide bonds. The van der Waals surface area contributed by atoms with E-state index in [0.29, 0.717) is 12.0 Å². The van der Waals surface area contributed by atoms with Crippen LogP contribution in [-0.2, 0) is 13.1 Å². The number of nitrogens with zero attached hydrogens (tertiary/aromatic N) is 3. The fourth-order valence-corrected chi connectivity index (χ4v) is 4.28. The highest BCUT2D eigenvalue weighted by atomic mass is 15.4. The van der Waals surface area contributed by atoms with Crippen LogP contribution in [0.5, 0.6) is 0 Å². The van der Waals surface area contributed by atoms with Crippen LogP contribution >= 0.6 is 0 Å². The number of hydrazine groups is 1. The second-order valence-electron chi connectivity index (χ2n) is 8.62. The highest BCUT2D eigenvalue weighted by molar-refractivity contribution is 5.70. The second-order valence-corrected chi connectivity index (χ2v) is 8.62. The molecule has 2 aliphatic rings. The fourth-order valence-electron chi connectivity index (χ4n) is 4.28. The van der Waals surface area contributed by atoms with E-state index in [1.54, 1.807) is 0 Å². The summed E-state index contributed by atoms with van der Waals surface area (Å²) in [6.45, 7) is 10.5. The molecule has 0 spiro atoms. The van der Waals surface area contributed by atoms with Crippen molar-refractivity contribution in [2.45, 2.75) is 38.9 Å². The predicted molar refractivity (Wildman–Crippen MR) is 120 cm³/mol. The molecule has 0 atom stereocenters. The molecule has 6 nitrogen and oxygen atoms in total. The van der Waals surface area contributed by atoms with Crippen LogP contribution in [0.1, 0.15) is 36.5 Å². The number of anilines is 1. The molecule has 1 fully saturated rings. The topological polar surface area (TPSA) is 55.5 Å². The minimum atomic E-state index is 0.477. The van der Waals surface area contributed by atoms with Crippen LogP contribution in [0.4, 0.5) is 5.82 Å². The lowest BCUT2D eigenvalue weighted by Gasteiger charge is -2.40. The van der Waals surface area contributed by atoms with E-state index in [4.69, 9.17) is 4.98 Å². The van der Waals surface area contributed by atoms with Gasteiger partial charge in [-0.3, -0.25) is 10.9 Å². The Morgan fingerprint density at radius 3 is 2.76 bits per heavy atom. The van der Waals surface area contributed by atoms with Gasteiger partial charge in [-0.25, -0.2) is 4.98 Å². The third-order valence-electron chi connectivity index (χ3n) is 6.04. The van der Waals surface area contributed by atoms with Crippen molar-refractivity contribution >= 4 is 5.82 Å². The molecule has 6 heteroatoms. The Morgan fingerprint density at radius 2 is 2.03 bits per heavy atom. The molecular weight excluding hydrogens is 360 g/mol. The lowest BCUT2D eigenvalue weighted by molar-refractivity contribution is 0.328. The Labute approximate surface area is 174 Å². The first-order valence-corrected chi connectivity index (χ1v) is 10.8. The monoisotopic (exact) mass is 394 g/mol. The van der Waals surface area contributed by atoms with Crippen molar-refractivity contribution in [2.75, 3.05) is 45.2 Å². The largest absolute Gasteiger partial charge is 0.349 e. The quantitative estimate of drug-likeness (QED) is 0.639. The average Bonchev–Trinajstić information content (AvgIpc) is 3.21. The van der Waals surface area contributed by atoms with Gasteiger partial charge in [0.15, 0.2) is 0 Å². The van der Waals surface area contributed by atoms with Crippen LogP contribution < -0.4 is 21.1 Å². The lowest BCUT2D eigenvalue weighted by atomic mass is 9.89. The van der Waals surface area contributed by atoms with Gasteiger partial charge in [0.1, 0.15) is 5.82 Å². The zero-order valence-corrected chi connectivity index (χ0v) is 18.1. The second kappa shape index (κ2) is 8.79. The Balaban J connectivity index is 1.64. The van der Waals surface area contributed by atoms with Gasteiger partial charge in [0.05, 0.1) is 5.69 Å². The standard InChI is InChI=1S/C23H34N6/c1-16(2)29-15-21-20(19-12-25-26-13-19)11-22(27-23(21)29)18-7-5-6-17(10-18)14-28(4)9-8-24-3/h5-7,10-11,16,19,24-26H,8-9,12-15H2,1-4H3. The van der Waals surface area contributed by atoms with Crippen molar-refractivity contribution in [3.05, 3.63) is 47.0 Å². The highest BCUT2D eigenvalue weighted by Crippen LogP contribution is 2.40. The van der Waals surface area contributed by atoms with Gasteiger partial charge in [-0.15, -0.1) is 0 Å². The number of nitrogens with one attached hydrogen (secondary N) is 3. The summed E-state index contributed by atoms with van der Waals surface area (Å²) in [4.78, 5) is 9.86. The minimum Gasteiger partial charge on any atom is -0.349 e. The van der Waals surface area contributed by atoms with Crippen molar-refractivity contribution in [3.63, 3.8) is 0 Å². The van der Waals surface area contributed by atoms with Crippen molar-refractivity contribution in [2.24, 2.45) is 0 Å². The van der Waals surface area contributed by atoms with Crippen LogP contribution in [0.15, 0.2) is 30.3 Å². The predicted octanol–water partition coefficient (Wildman–Crippen LogP) is 2.32.